The molecule has 1 heteroatoms. The minimum atomic E-state index is 0.375. The molecule has 0 amide bonds. The van der Waals surface area contributed by atoms with E-state index in [0.717, 1.165) is 13.0 Å². The lowest BCUT2D eigenvalue weighted by molar-refractivity contribution is 0.163. The maximum atomic E-state index is 3.86. The van der Waals surface area contributed by atoms with Gasteiger partial charge in [0.15, 0.2) is 0 Å². The number of benzene rings is 1. The van der Waals surface area contributed by atoms with Gasteiger partial charge in [-0.3, -0.25) is 0 Å². The molecule has 98 valence electrons. The van der Waals surface area contributed by atoms with E-state index in [9.17, 15) is 0 Å². The third-order valence-electron chi connectivity index (χ3n) is 4.37. The molecule has 1 aromatic rings. The van der Waals surface area contributed by atoms with Gasteiger partial charge in [0.25, 0.3) is 0 Å². The van der Waals surface area contributed by atoms with Crippen LogP contribution in [0.2, 0.25) is 0 Å². The first kappa shape index (κ1) is 13.4. The highest BCUT2D eigenvalue weighted by molar-refractivity contribution is 5.30. The quantitative estimate of drug-likeness (QED) is 0.712. The monoisotopic (exact) mass is 243 g/mol. The van der Waals surface area contributed by atoms with Crippen LogP contribution in [0.1, 0.15) is 44.6 Å². The Labute approximate surface area is 111 Å². The van der Waals surface area contributed by atoms with Gasteiger partial charge in [-0.05, 0) is 37.8 Å². The van der Waals surface area contributed by atoms with Crippen molar-refractivity contribution in [2.24, 2.45) is 0 Å². The Morgan fingerprint density at radius 3 is 2.56 bits per heavy atom. The van der Waals surface area contributed by atoms with E-state index in [-0.39, 0.29) is 0 Å². The predicted octanol–water partition coefficient (Wildman–Crippen LogP) is 4.05. The third-order valence-corrected chi connectivity index (χ3v) is 4.37. The van der Waals surface area contributed by atoms with Crippen molar-refractivity contribution in [1.29, 1.82) is 0 Å². The molecule has 1 nitrogen and oxygen atoms in total. The summed E-state index contributed by atoms with van der Waals surface area (Å²) in [4.78, 5) is 0. The summed E-state index contributed by atoms with van der Waals surface area (Å²) >= 11 is 0. The fourth-order valence-electron chi connectivity index (χ4n) is 3.27. The average molecular weight is 243 g/mol. The van der Waals surface area contributed by atoms with Crippen molar-refractivity contribution in [3.05, 3.63) is 48.6 Å². The highest BCUT2D eigenvalue weighted by atomic mass is 14.9. The average Bonchev–Trinajstić information content (AvgIpc) is 2.36. The number of rotatable bonds is 7. The van der Waals surface area contributed by atoms with E-state index in [1.165, 1.54) is 31.2 Å². The fourth-order valence-corrected chi connectivity index (χ4v) is 3.27. The molecule has 0 heterocycles. The summed E-state index contributed by atoms with van der Waals surface area (Å²) in [7, 11) is 0. The van der Waals surface area contributed by atoms with Gasteiger partial charge >= 0.3 is 0 Å². The van der Waals surface area contributed by atoms with Crippen molar-refractivity contribution in [3.63, 3.8) is 0 Å². The van der Waals surface area contributed by atoms with Crippen LogP contribution in [-0.2, 0) is 5.41 Å². The Morgan fingerprint density at radius 1 is 1.33 bits per heavy atom. The van der Waals surface area contributed by atoms with Crippen LogP contribution < -0.4 is 5.32 Å². The molecule has 1 aliphatic rings. The van der Waals surface area contributed by atoms with Gasteiger partial charge < -0.3 is 5.32 Å². The van der Waals surface area contributed by atoms with Crippen molar-refractivity contribution in [2.45, 2.75) is 50.5 Å². The Balaban J connectivity index is 2.20. The summed E-state index contributed by atoms with van der Waals surface area (Å²) in [6, 6.07) is 11.7. The SMILES string of the molecule is C=CCCC(NCC)C1(c2ccccc2)CCC1. The van der Waals surface area contributed by atoms with E-state index in [1.807, 2.05) is 6.08 Å². The van der Waals surface area contributed by atoms with Gasteiger partial charge in [0.05, 0.1) is 0 Å². The molecule has 0 saturated heterocycles. The Morgan fingerprint density at radius 2 is 2.06 bits per heavy atom. The first-order valence-corrected chi connectivity index (χ1v) is 7.23. The Bertz CT molecular complexity index is 364. The summed E-state index contributed by atoms with van der Waals surface area (Å²) < 4.78 is 0. The van der Waals surface area contributed by atoms with Crippen molar-refractivity contribution >= 4 is 0 Å². The molecule has 0 bridgehead atoms. The zero-order valence-electron chi connectivity index (χ0n) is 11.5. The zero-order valence-corrected chi connectivity index (χ0v) is 11.5. The topological polar surface area (TPSA) is 12.0 Å². The smallest absolute Gasteiger partial charge is 0.0167 e. The minimum Gasteiger partial charge on any atom is -0.313 e. The highest BCUT2D eigenvalue weighted by Gasteiger charge is 2.44. The van der Waals surface area contributed by atoms with Crippen molar-refractivity contribution < 1.29 is 0 Å². The Hall–Kier alpha value is -1.08. The van der Waals surface area contributed by atoms with Crippen molar-refractivity contribution in [1.82, 2.24) is 5.32 Å². The van der Waals surface area contributed by atoms with Crippen LogP contribution >= 0.6 is 0 Å². The summed E-state index contributed by atoms with van der Waals surface area (Å²) in [6.45, 7) is 7.12. The molecule has 1 unspecified atom stereocenters. The number of hydrogen-bond donors (Lipinski definition) is 1. The fraction of sp³-hybridized carbons (Fsp3) is 0.529. The molecular formula is C17H25N. The second-order valence-corrected chi connectivity index (χ2v) is 5.35. The van der Waals surface area contributed by atoms with Crippen LogP contribution in [0.4, 0.5) is 0 Å². The zero-order chi connectivity index (χ0) is 12.8. The Kier molecular flexibility index (Phi) is 4.60. The van der Waals surface area contributed by atoms with Crippen LogP contribution in [0.5, 0.6) is 0 Å². The lowest BCUT2D eigenvalue weighted by Gasteiger charge is -2.49. The van der Waals surface area contributed by atoms with Crippen LogP contribution in [0.3, 0.4) is 0 Å². The van der Waals surface area contributed by atoms with E-state index in [2.05, 4.69) is 49.2 Å². The molecule has 1 aromatic carbocycles. The first-order valence-electron chi connectivity index (χ1n) is 7.23. The molecule has 1 aliphatic carbocycles. The van der Waals surface area contributed by atoms with Gasteiger partial charge in [0, 0.05) is 11.5 Å². The van der Waals surface area contributed by atoms with Crippen LogP contribution in [0.15, 0.2) is 43.0 Å². The second-order valence-electron chi connectivity index (χ2n) is 5.35. The molecule has 1 fully saturated rings. The maximum Gasteiger partial charge on any atom is 0.0167 e. The van der Waals surface area contributed by atoms with E-state index in [1.54, 1.807) is 0 Å². The molecule has 0 radical (unpaired) electrons. The molecule has 0 aliphatic heterocycles. The number of nitrogens with one attached hydrogen (secondary N) is 1. The van der Waals surface area contributed by atoms with Gasteiger partial charge in [-0.25, -0.2) is 0 Å². The van der Waals surface area contributed by atoms with Crippen LogP contribution in [0.25, 0.3) is 0 Å². The van der Waals surface area contributed by atoms with Crippen LogP contribution in [0, 0.1) is 0 Å². The van der Waals surface area contributed by atoms with Gasteiger partial charge in [-0.2, -0.15) is 0 Å². The minimum absolute atomic E-state index is 0.375. The van der Waals surface area contributed by atoms with Crippen LogP contribution in [-0.4, -0.2) is 12.6 Å². The molecule has 2 rings (SSSR count). The maximum absolute atomic E-state index is 3.86. The molecule has 1 saturated carbocycles. The van der Waals surface area contributed by atoms with E-state index >= 15 is 0 Å². The van der Waals surface area contributed by atoms with E-state index in [0.29, 0.717) is 11.5 Å². The number of hydrogen-bond acceptors (Lipinski definition) is 1. The summed E-state index contributed by atoms with van der Waals surface area (Å²) in [5.74, 6) is 0. The number of likely N-dealkylation sites (N-methyl/N-ethyl adjacent to an activating group) is 1. The summed E-state index contributed by atoms with van der Waals surface area (Å²) in [5, 5.41) is 3.71. The van der Waals surface area contributed by atoms with Crippen molar-refractivity contribution in [3.8, 4) is 0 Å². The van der Waals surface area contributed by atoms with E-state index in [4.69, 9.17) is 0 Å². The molecular weight excluding hydrogens is 218 g/mol. The second kappa shape index (κ2) is 6.19. The standard InChI is InChI=1S/C17H25N/c1-3-5-12-16(18-4-2)17(13-9-14-17)15-10-7-6-8-11-15/h3,6-8,10-11,16,18H,1,4-5,9,12-14H2,2H3. The predicted molar refractivity (Wildman–Crippen MR) is 78.9 cm³/mol. The third kappa shape index (κ3) is 2.51. The molecule has 0 spiro atoms. The molecule has 1 N–H and O–H groups in total. The molecule has 18 heavy (non-hydrogen) atoms. The lowest BCUT2D eigenvalue weighted by atomic mass is 9.59. The highest BCUT2D eigenvalue weighted by Crippen LogP contribution is 2.47. The van der Waals surface area contributed by atoms with Gasteiger partial charge in [0.1, 0.15) is 0 Å². The largest absolute Gasteiger partial charge is 0.313 e. The molecule has 1 atom stereocenters. The summed E-state index contributed by atoms with van der Waals surface area (Å²) in [5.41, 5.74) is 1.89. The summed E-state index contributed by atoms with van der Waals surface area (Å²) in [6.07, 6.45) is 8.36. The van der Waals surface area contributed by atoms with Gasteiger partial charge in [-0.15, -0.1) is 6.58 Å². The first-order chi connectivity index (χ1) is 8.83. The molecule has 0 aromatic heterocycles. The van der Waals surface area contributed by atoms with Crippen molar-refractivity contribution in [2.75, 3.05) is 6.54 Å². The normalized spacial score (nSPS) is 18.9. The lowest BCUT2D eigenvalue weighted by Crippen LogP contribution is -2.52. The van der Waals surface area contributed by atoms with Gasteiger partial charge in [0.2, 0.25) is 0 Å². The van der Waals surface area contributed by atoms with E-state index < -0.39 is 0 Å². The van der Waals surface area contributed by atoms with Gasteiger partial charge in [-0.1, -0.05) is 49.8 Å². The number of allylic oxidation sites excluding steroid dienone is 1.